The molecule has 1 fully saturated rings. The lowest BCUT2D eigenvalue weighted by Crippen LogP contribution is -2.26. The molecule has 5 heteroatoms. The molecule has 0 bridgehead atoms. The first-order valence-corrected chi connectivity index (χ1v) is 8.59. The molecule has 1 heterocycles. The van der Waals surface area contributed by atoms with Gasteiger partial charge in [-0.15, -0.1) is 0 Å². The molecule has 1 aliphatic heterocycles. The quantitative estimate of drug-likeness (QED) is 0.895. The van der Waals surface area contributed by atoms with Gasteiger partial charge in [0.1, 0.15) is 0 Å². The first kappa shape index (κ1) is 12.8. The molecule has 19 heavy (non-hydrogen) atoms. The molecule has 3 rings (SSSR count). The Morgan fingerprint density at radius 1 is 1.16 bits per heavy atom. The fourth-order valence-electron chi connectivity index (χ4n) is 3.03. The molecule has 104 valence electrons. The summed E-state index contributed by atoms with van der Waals surface area (Å²) < 4.78 is 27.5. The van der Waals surface area contributed by atoms with Gasteiger partial charge in [0, 0.05) is 6.54 Å². The molecule has 1 aromatic rings. The molecular formula is C14H20N2O2S. The highest BCUT2D eigenvalue weighted by Gasteiger charge is 2.29. The molecule has 0 amide bonds. The number of nitrogens with one attached hydrogen (secondary N) is 2. The third-order valence-electron chi connectivity index (χ3n) is 4.07. The molecule has 0 aromatic heterocycles. The summed E-state index contributed by atoms with van der Waals surface area (Å²) in [5, 5.41) is 3.10. The highest BCUT2D eigenvalue weighted by Crippen LogP contribution is 2.33. The van der Waals surface area contributed by atoms with E-state index in [1.54, 1.807) is 0 Å². The van der Waals surface area contributed by atoms with Crippen LogP contribution in [0.1, 0.15) is 37.7 Å². The van der Waals surface area contributed by atoms with Crippen molar-refractivity contribution in [2.45, 2.75) is 43.8 Å². The van der Waals surface area contributed by atoms with Gasteiger partial charge < -0.3 is 5.32 Å². The van der Waals surface area contributed by atoms with Gasteiger partial charge in [-0.3, -0.25) is 4.72 Å². The maximum absolute atomic E-state index is 12.3. The number of aryl methyl sites for hydroxylation is 1. The van der Waals surface area contributed by atoms with Crippen molar-refractivity contribution in [1.29, 1.82) is 0 Å². The zero-order valence-corrected chi connectivity index (χ0v) is 11.8. The van der Waals surface area contributed by atoms with Gasteiger partial charge in [-0.05, 0) is 37.3 Å². The van der Waals surface area contributed by atoms with Crippen molar-refractivity contribution >= 4 is 21.4 Å². The summed E-state index contributed by atoms with van der Waals surface area (Å²) in [5.74, 6) is 0. The van der Waals surface area contributed by atoms with E-state index in [2.05, 4.69) is 16.1 Å². The second kappa shape index (κ2) is 5.04. The topological polar surface area (TPSA) is 58.2 Å². The first-order chi connectivity index (χ1) is 9.17. The lowest BCUT2D eigenvalue weighted by atomic mass is 10.0. The van der Waals surface area contributed by atoms with Crippen LogP contribution in [0.5, 0.6) is 0 Å². The van der Waals surface area contributed by atoms with E-state index in [1.165, 1.54) is 5.56 Å². The number of rotatable bonds is 3. The van der Waals surface area contributed by atoms with E-state index in [1.807, 2.05) is 12.1 Å². The molecule has 0 atom stereocenters. The Hall–Kier alpha value is -1.23. The molecule has 0 unspecified atom stereocenters. The standard InChI is InChI=1S/C14H20N2O2S/c17-19(18,12-7-1-2-8-12)16-13-9-3-5-11-6-4-10-15-14(11)13/h3,5,9,12,15-16H,1-2,4,6-8,10H2. The van der Waals surface area contributed by atoms with Gasteiger partial charge in [0.05, 0.1) is 16.6 Å². The number of hydrogen-bond acceptors (Lipinski definition) is 3. The van der Waals surface area contributed by atoms with Gasteiger partial charge >= 0.3 is 0 Å². The minimum atomic E-state index is -3.24. The molecule has 2 aliphatic rings. The van der Waals surface area contributed by atoms with Crippen LogP contribution in [0, 0.1) is 0 Å². The Labute approximate surface area is 114 Å². The monoisotopic (exact) mass is 280 g/mol. The average Bonchev–Trinajstić information content (AvgIpc) is 2.93. The van der Waals surface area contributed by atoms with Crippen LogP contribution < -0.4 is 10.0 Å². The third kappa shape index (κ3) is 2.56. The van der Waals surface area contributed by atoms with Crippen LogP contribution in [0.4, 0.5) is 11.4 Å². The molecule has 4 nitrogen and oxygen atoms in total. The second-order valence-electron chi connectivity index (χ2n) is 5.42. The maximum Gasteiger partial charge on any atom is 0.235 e. The zero-order chi connectivity index (χ0) is 13.3. The van der Waals surface area contributed by atoms with E-state index in [-0.39, 0.29) is 5.25 Å². The molecule has 1 saturated carbocycles. The summed E-state index contributed by atoms with van der Waals surface area (Å²) in [7, 11) is -3.24. The second-order valence-corrected chi connectivity index (χ2v) is 7.38. The molecule has 0 radical (unpaired) electrons. The van der Waals surface area contributed by atoms with Crippen molar-refractivity contribution in [1.82, 2.24) is 0 Å². The summed E-state index contributed by atoms with van der Waals surface area (Å²) in [6, 6.07) is 5.84. The molecule has 0 spiro atoms. The lowest BCUT2D eigenvalue weighted by molar-refractivity contribution is 0.585. The van der Waals surface area contributed by atoms with Gasteiger partial charge in [0.2, 0.25) is 10.0 Å². The van der Waals surface area contributed by atoms with Gasteiger partial charge in [-0.2, -0.15) is 0 Å². The predicted octanol–water partition coefficient (Wildman–Crippen LogP) is 2.73. The normalized spacial score (nSPS) is 19.8. The van der Waals surface area contributed by atoms with Crippen molar-refractivity contribution < 1.29 is 8.42 Å². The highest BCUT2D eigenvalue weighted by atomic mass is 32.2. The Bertz CT molecular complexity index is 563. The minimum Gasteiger partial charge on any atom is -0.383 e. The van der Waals surface area contributed by atoms with Gasteiger partial charge in [0.15, 0.2) is 0 Å². The Morgan fingerprint density at radius 3 is 2.74 bits per heavy atom. The van der Waals surface area contributed by atoms with Crippen LogP contribution >= 0.6 is 0 Å². The van der Waals surface area contributed by atoms with E-state index >= 15 is 0 Å². The van der Waals surface area contributed by atoms with E-state index < -0.39 is 10.0 Å². The smallest absolute Gasteiger partial charge is 0.235 e. The van der Waals surface area contributed by atoms with Crippen molar-refractivity contribution in [3.05, 3.63) is 23.8 Å². The molecule has 1 aromatic carbocycles. The van der Waals surface area contributed by atoms with Crippen LogP contribution in [0.25, 0.3) is 0 Å². The Morgan fingerprint density at radius 2 is 1.95 bits per heavy atom. The molecule has 1 aliphatic carbocycles. The van der Waals surface area contributed by atoms with Crippen LogP contribution in [-0.2, 0) is 16.4 Å². The van der Waals surface area contributed by atoms with Crippen LogP contribution in [0.2, 0.25) is 0 Å². The highest BCUT2D eigenvalue weighted by molar-refractivity contribution is 7.93. The summed E-state index contributed by atoms with van der Waals surface area (Å²) in [6.07, 6.45) is 5.75. The third-order valence-corrected chi connectivity index (χ3v) is 5.92. The van der Waals surface area contributed by atoms with Crippen LogP contribution in [0.15, 0.2) is 18.2 Å². The largest absolute Gasteiger partial charge is 0.383 e. The van der Waals surface area contributed by atoms with E-state index in [4.69, 9.17) is 0 Å². The maximum atomic E-state index is 12.3. The van der Waals surface area contributed by atoms with E-state index in [0.717, 1.165) is 50.8 Å². The fraction of sp³-hybridized carbons (Fsp3) is 0.571. The average molecular weight is 280 g/mol. The van der Waals surface area contributed by atoms with E-state index in [0.29, 0.717) is 5.69 Å². The number of anilines is 2. The number of benzene rings is 1. The van der Waals surface area contributed by atoms with E-state index in [9.17, 15) is 8.42 Å². The summed E-state index contributed by atoms with van der Waals surface area (Å²) >= 11 is 0. The SMILES string of the molecule is O=S(=O)(Nc1cccc2c1NCCC2)C1CCCC1. The summed E-state index contributed by atoms with van der Waals surface area (Å²) in [6.45, 7) is 0.912. The van der Waals surface area contributed by atoms with Crippen LogP contribution in [0.3, 0.4) is 0 Å². The number of hydrogen-bond donors (Lipinski definition) is 2. The summed E-state index contributed by atoms with van der Waals surface area (Å²) in [4.78, 5) is 0. The van der Waals surface area contributed by atoms with Crippen molar-refractivity contribution in [2.24, 2.45) is 0 Å². The zero-order valence-electron chi connectivity index (χ0n) is 11.0. The minimum absolute atomic E-state index is 0.216. The first-order valence-electron chi connectivity index (χ1n) is 7.04. The summed E-state index contributed by atoms with van der Waals surface area (Å²) in [5.41, 5.74) is 2.89. The van der Waals surface area contributed by atoms with Crippen molar-refractivity contribution in [3.63, 3.8) is 0 Å². The Balaban J connectivity index is 1.87. The van der Waals surface area contributed by atoms with Gasteiger partial charge in [0.25, 0.3) is 0 Å². The van der Waals surface area contributed by atoms with Crippen LogP contribution in [-0.4, -0.2) is 20.2 Å². The van der Waals surface area contributed by atoms with Crippen molar-refractivity contribution in [3.8, 4) is 0 Å². The molecule has 2 N–H and O–H groups in total. The molecular weight excluding hydrogens is 260 g/mol. The Kier molecular flexibility index (Phi) is 3.39. The van der Waals surface area contributed by atoms with Gasteiger partial charge in [-0.25, -0.2) is 8.42 Å². The number of para-hydroxylation sites is 1. The van der Waals surface area contributed by atoms with Crippen molar-refractivity contribution in [2.75, 3.05) is 16.6 Å². The fourth-order valence-corrected chi connectivity index (χ4v) is 4.63. The van der Waals surface area contributed by atoms with Gasteiger partial charge in [-0.1, -0.05) is 25.0 Å². The predicted molar refractivity (Wildman–Crippen MR) is 78.1 cm³/mol. The molecule has 0 saturated heterocycles. The number of sulfonamides is 1. The number of fused-ring (bicyclic) bond motifs is 1. The lowest BCUT2D eigenvalue weighted by Gasteiger charge is -2.22.